The van der Waals surface area contributed by atoms with Gasteiger partial charge in [0.25, 0.3) is 5.91 Å². The molecule has 166 valence electrons. The molecule has 8 nitrogen and oxygen atoms in total. The first kappa shape index (κ1) is 22.5. The summed E-state index contributed by atoms with van der Waals surface area (Å²) in [6.45, 7) is -0.534. The van der Waals surface area contributed by atoms with Gasteiger partial charge in [-0.25, -0.2) is 26.9 Å². The Balaban J connectivity index is 2.06. The zero-order valence-electron chi connectivity index (χ0n) is 16.9. The van der Waals surface area contributed by atoms with Gasteiger partial charge in [0.2, 0.25) is 0 Å². The number of benzene rings is 1. The second-order valence-corrected chi connectivity index (χ2v) is 9.51. The Morgan fingerprint density at radius 2 is 2.03 bits per heavy atom. The Morgan fingerprint density at radius 3 is 2.68 bits per heavy atom. The molecular weight excluding hydrogens is 435 g/mol. The number of hydrogen-bond acceptors (Lipinski definition) is 6. The summed E-state index contributed by atoms with van der Waals surface area (Å²) in [6.07, 6.45) is 3.96. The van der Waals surface area contributed by atoms with Crippen molar-refractivity contribution < 1.29 is 26.9 Å². The van der Waals surface area contributed by atoms with Crippen molar-refractivity contribution in [3.05, 3.63) is 47.7 Å². The van der Waals surface area contributed by atoms with E-state index in [0.29, 0.717) is 11.1 Å². The highest BCUT2D eigenvalue weighted by molar-refractivity contribution is 7.92. The lowest BCUT2D eigenvalue weighted by Gasteiger charge is -2.17. The molecule has 1 amide bonds. The summed E-state index contributed by atoms with van der Waals surface area (Å²) in [4.78, 5) is 16.6. The Morgan fingerprint density at radius 1 is 1.32 bits per heavy atom. The average Bonchev–Trinajstić information content (AvgIpc) is 3.04. The summed E-state index contributed by atoms with van der Waals surface area (Å²) in [5, 5.41) is 7.00. The maximum absolute atomic E-state index is 13.7. The van der Waals surface area contributed by atoms with Crippen molar-refractivity contribution in [1.82, 2.24) is 14.6 Å². The molecule has 0 unspecified atom stereocenters. The molecule has 0 bridgehead atoms. The number of anilines is 2. The predicted octanol–water partition coefficient (Wildman–Crippen LogP) is 3.47. The van der Waals surface area contributed by atoms with E-state index in [1.165, 1.54) is 35.6 Å². The predicted molar refractivity (Wildman–Crippen MR) is 111 cm³/mol. The number of carbonyl (C=O) groups excluding carboxylic acids is 1. The Kier molecular flexibility index (Phi) is 6.48. The van der Waals surface area contributed by atoms with Gasteiger partial charge in [-0.3, -0.25) is 4.79 Å². The van der Waals surface area contributed by atoms with Gasteiger partial charge in [-0.2, -0.15) is 9.46 Å². The van der Waals surface area contributed by atoms with Crippen LogP contribution in [0.4, 0.5) is 24.7 Å². The number of ether oxygens (including phenoxy) is 1. The van der Waals surface area contributed by atoms with Crippen molar-refractivity contribution in [2.75, 3.05) is 31.2 Å². The van der Waals surface area contributed by atoms with Gasteiger partial charge >= 0.3 is 0 Å². The lowest BCUT2D eigenvalue weighted by molar-refractivity contribution is 0.100. The number of alkyl halides is 2. The summed E-state index contributed by atoms with van der Waals surface area (Å²) in [7, 11) is -2.66. The molecule has 0 spiro atoms. The summed E-state index contributed by atoms with van der Waals surface area (Å²) in [5.41, 5.74) is 1.26. The number of fused-ring (bicyclic) bond motifs is 1. The number of rotatable bonds is 7. The summed E-state index contributed by atoms with van der Waals surface area (Å²) < 4.78 is 61.7. The topological polar surface area (TPSA) is 98.0 Å². The first-order chi connectivity index (χ1) is 14.6. The van der Waals surface area contributed by atoms with E-state index in [1.807, 2.05) is 0 Å². The zero-order valence-corrected chi connectivity index (χ0v) is 17.8. The van der Waals surface area contributed by atoms with E-state index in [9.17, 15) is 22.2 Å². The third-order valence-electron chi connectivity index (χ3n) is 4.19. The molecule has 0 saturated heterocycles. The third kappa shape index (κ3) is 5.13. The number of aromatic nitrogens is 3. The van der Waals surface area contributed by atoms with Crippen molar-refractivity contribution in [2.45, 2.75) is 13.0 Å². The summed E-state index contributed by atoms with van der Waals surface area (Å²) in [5.74, 6) is -1.19. The van der Waals surface area contributed by atoms with E-state index < -0.39 is 40.9 Å². The van der Waals surface area contributed by atoms with Crippen LogP contribution in [0.5, 0.6) is 5.75 Å². The van der Waals surface area contributed by atoms with Gasteiger partial charge < -0.3 is 10.1 Å². The van der Waals surface area contributed by atoms with E-state index in [1.54, 1.807) is 6.92 Å². The van der Waals surface area contributed by atoms with Crippen LogP contribution < -0.4 is 10.1 Å². The fourth-order valence-corrected chi connectivity index (χ4v) is 3.32. The largest absolute Gasteiger partial charge is 0.483 e. The Bertz CT molecular complexity index is 1240. The normalized spacial score (nSPS) is 11.7. The van der Waals surface area contributed by atoms with Gasteiger partial charge in [-0.15, -0.1) is 0 Å². The molecule has 0 radical (unpaired) electrons. The number of nitrogens with one attached hydrogen (secondary N) is 1. The van der Waals surface area contributed by atoms with E-state index in [4.69, 9.17) is 4.74 Å². The fraction of sp³-hybridized carbons (Fsp3) is 0.316. The number of carbonyl (C=O) groups is 1. The van der Waals surface area contributed by atoms with Crippen LogP contribution >= 0.6 is 0 Å². The summed E-state index contributed by atoms with van der Waals surface area (Å²) >= 11 is 0. The molecule has 0 saturated carbocycles. The highest BCUT2D eigenvalue weighted by Crippen LogP contribution is 2.32. The SMILES string of the molecule is Cc1c(C(=O)N=S(C)(C)=O)cn2ncnc(Nc3ccc(F)cc3OC(CF)CF)c12. The van der Waals surface area contributed by atoms with E-state index >= 15 is 0 Å². The molecule has 0 aliphatic carbocycles. The molecule has 2 heterocycles. The average molecular weight is 455 g/mol. The molecule has 0 atom stereocenters. The maximum Gasteiger partial charge on any atom is 0.286 e. The molecule has 12 heteroatoms. The Labute approximate surface area is 176 Å². The van der Waals surface area contributed by atoms with Crippen molar-refractivity contribution in [2.24, 2.45) is 4.36 Å². The van der Waals surface area contributed by atoms with Gasteiger partial charge in [0, 0.05) is 34.5 Å². The summed E-state index contributed by atoms with van der Waals surface area (Å²) in [6, 6.07) is 3.47. The smallest absolute Gasteiger partial charge is 0.286 e. The van der Waals surface area contributed by atoms with Crippen LogP contribution in [0.1, 0.15) is 15.9 Å². The molecule has 2 aromatic heterocycles. The lowest BCUT2D eigenvalue weighted by atomic mass is 10.2. The molecule has 0 aliphatic rings. The maximum atomic E-state index is 13.7. The second-order valence-electron chi connectivity index (χ2n) is 6.96. The first-order valence-corrected chi connectivity index (χ1v) is 11.4. The van der Waals surface area contributed by atoms with Crippen LogP contribution in [0.15, 0.2) is 35.1 Å². The number of aryl methyl sites for hydroxylation is 1. The van der Waals surface area contributed by atoms with Crippen LogP contribution in [-0.2, 0) is 9.73 Å². The molecule has 3 aromatic rings. The molecule has 0 fully saturated rings. The van der Waals surface area contributed by atoms with Crippen molar-refractivity contribution in [1.29, 1.82) is 0 Å². The molecular formula is C19H20F3N5O3S. The van der Waals surface area contributed by atoms with Gasteiger partial charge in [-0.1, -0.05) is 0 Å². The number of hydrogen-bond donors (Lipinski definition) is 1. The monoisotopic (exact) mass is 455 g/mol. The van der Waals surface area contributed by atoms with Gasteiger partial charge in [0.15, 0.2) is 11.9 Å². The lowest BCUT2D eigenvalue weighted by Crippen LogP contribution is -2.21. The number of halogens is 3. The third-order valence-corrected chi connectivity index (χ3v) is 4.80. The Hall–Kier alpha value is -3.15. The van der Waals surface area contributed by atoms with Crippen molar-refractivity contribution in [3.63, 3.8) is 0 Å². The van der Waals surface area contributed by atoms with Crippen LogP contribution in [0.2, 0.25) is 0 Å². The molecule has 0 aliphatic heterocycles. The van der Waals surface area contributed by atoms with E-state index in [-0.39, 0.29) is 22.8 Å². The molecule has 1 N–H and O–H groups in total. The zero-order chi connectivity index (χ0) is 22.8. The van der Waals surface area contributed by atoms with Gasteiger partial charge in [0.1, 0.15) is 36.8 Å². The standard InChI is InChI=1S/C19H20F3N5O3S/c1-11-14(19(28)26-31(2,3)29)9-27-17(11)18(23-10-24-27)25-15-5-4-12(22)6-16(15)30-13(7-20)8-21/h4-6,9-10,13H,7-8H2,1-3H3,(H,23,24,25). The molecule has 31 heavy (non-hydrogen) atoms. The van der Waals surface area contributed by atoms with Crippen LogP contribution in [0.3, 0.4) is 0 Å². The molecule has 1 aromatic carbocycles. The van der Waals surface area contributed by atoms with Crippen LogP contribution in [0, 0.1) is 12.7 Å². The quantitative estimate of drug-likeness (QED) is 0.586. The first-order valence-electron chi connectivity index (χ1n) is 9.02. The fourth-order valence-electron chi connectivity index (χ4n) is 2.82. The highest BCUT2D eigenvalue weighted by atomic mass is 32.2. The number of nitrogens with zero attached hydrogens (tertiary/aromatic N) is 4. The van der Waals surface area contributed by atoms with E-state index in [2.05, 4.69) is 19.8 Å². The van der Waals surface area contributed by atoms with Gasteiger partial charge in [0.05, 0.1) is 11.3 Å². The van der Waals surface area contributed by atoms with Crippen molar-refractivity contribution >= 4 is 32.7 Å². The highest BCUT2D eigenvalue weighted by Gasteiger charge is 2.20. The van der Waals surface area contributed by atoms with Crippen molar-refractivity contribution in [3.8, 4) is 5.75 Å². The minimum atomic E-state index is -2.66. The van der Waals surface area contributed by atoms with Gasteiger partial charge in [-0.05, 0) is 24.6 Å². The molecule has 3 rings (SSSR count). The van der Waals surface area contributed by atoms with E-state index in [0.717, 1.165) is 12.1 Å². The minimum Gasteiger partial charge on any atom is -0.483 e. The number of amides is 1. The van der Waals surface area contributed by atoms with Crippen LogP contribution in [0.25, 0.3) is 5.52 Å². The van der Waals surface area contributed by atoms with Crippen LogP contribution in [-0.4, -0.2) is 56.7 Å². The second kappa shape index (κ2) is 8.92. The minimum absolute atomic E-state index is 0.107.